The number of hydrogen-bond donors (Lipinski definition) is 1. The van der Waals surface area contributed by atoms with Crippen LogP contribution in [-0.4, -0.2) is 65.3 Å². The topological polar surface area (TPSA) is 53.4 Å². The number of halogens is 1. The molecule has 0 aliphatic carbocycles. The molecule has 1 aliphatic rings. The van der Waals surface area contributed by atoms with E-state index in [1.165, 1.54) is 0 Å². The molecule has 1 aromatic heterocycles. The summed E-state index contributed by atoms with van der Waals surface area (Å²) >= 11 is 6.25. The molecular formula is C16H22ClN5O. The van der Waals surface area contributed by atoms with Gasteiger partial charge in [0.05, 0.1) is 15.9 Å². The maximum atomic E-state index is 12.2. The minimum Gasteiger partial charge on any atom is -0.309 e. The molecular weight excluding hydrogens is 314 g/mol. The van der Waals surface area contributed by atoms with E-state index < -0.39 is 0 Å². The van der Waals surface area contributed by atoms with Gasteiger partial charge in [-0.25, -0.2) is 0 Å². The van der Waals surface area contributed by atoms with Crippen LogP contribution in [0.3, 0.4) is 0 Å². The smallest absolute Gasteiger partial charge is 0.226 e. The Labute approximate surface area is 141 Å². The predicted octanol–water partition coefficient (Wildman–Crippen LogP) is 1.80. The zero-order chi connectivity index (χ0) is 16.4. The Balaban J connectivity index is 1.62. The first-order valence-electron chi connectivity index (χ1n) is 7.86. The second-order valence-electron chi connectivity index (χ2n) is 6.05. The number of hydrogen-bond acceptors (Lipinski definition) is 4. The summed E-state index contributed by atoms with van der Waals surface area (Å²) in [5.74, 6) is 0.514. The molecule has 1 fully saturated rings. The number of carbonyl (C=O) groups excluding carboxylic acids is 1. The summed E-state index contributed by atoms with van der Waals surface area (Å²) in [6.45, 7) is 4.92. The average molecular weight is 336 g/mol. The molecule has 3 rings (SSSR count). The third kappa shape index (κ3) is 3.65. The third-order valence-electron chi connectivity index (χ3n) is 4.34. The molecule has 1 saturated heterocycles. The van der Waals surface area contributed by atoms with Gasteiger partial charge >= 0.3 is 0 Å². The number of benzene rings is 1. The molecule has 0 atom stereocenters. The Morgan fingerprint density at radius 3 is 2.74 bits per heavy atom. The lowest BCUT2D eigenvalue weighted by atomic mass is 10.2. The van der Waals surface area contributed by atoms with Crippen LogP contribution in [0, 0.1) is 0 Å². The van der Waals surface area contributed by atoms with Gasteiger partial charge < -0.3 is 15.1 Å². The molecule has 23 heavy (non-hydrogen) atoms. The first-order chi connectivity index (χ1) is 11.0. The minimum atomic E-state index is -0.0242. The summed E-state index contributed by atoms with van der Waals surface area (Å²) in [6.07, 6.45) is 0.465. The number of piperazine rings is 1. The van der Waals surface area contributed by atoms with E-state index in [9.17, 15) is 4.79 Å². The molecule has 1 aliphatic heterocycles. The number of nitrogens with one attached hydrogen (secondary N) is 1. The number of nitrogens with zero attached hydrogens (tertiary/aromatic N) is 4. The number of likely N-dealkylation sites (N-methyl/N-ethyl adjacent to an activating group) is 1. The van der Waals surface area contributed by atoms with E-state index >= 15 is 0 Å². The fraction of sp³-hybridized carbons (Fsp3) is 0.500. The Morgan fingerprint density at radius 1 is 1.26 bits per heavy atom. The van der Waals surface area contributed by atoms with Gasteiger partial charge in [-0.3, -0.25) is 9.48 Å². The Morgan fingerprint density at radius 2 is 2.00 bits per heavy atom. The van der Waals surface area contributed by atoms with Crippen LogP contribution in [0.1, 0.15) is 6.42 Å². The second kappa shape index (κ2) is 6.86. The monoisotopic (exact) mass is 335 g/mol. The van der Waals surface area contributed by atoms with Crippen molar-refractivity contribution in [3.05, 3.63) is 23.2 Å². The van der Waals surface area contributed by atoms with Crippen molar-refractivity contribution in [3.63, 3.8) is 0 Å². The van der Waals surface area contributed by atoms with Crippen molar-refractivity contribution in [2.45, 2.75) is 6.42 Å². The largest absolute Gasteiger partial charge is 0.309 e. The van der Waals surface area contributed by atoms with Crippen LogP contribution in [0.5, 0.6) is 0 Å². The van der Waals surface area contributed by atoms with Gasteiger partial charge in [0.1, 0.15) is 0 Å². The molecule has 0 unspecified atom stereocenters. The zero-order valence-corrected chi connectivity index (χ0v) is 14.3. The van der Waals surface area contributed by atoms with Crippen molar-refractivity contribution < 1.29 is 4.79 Å². The van der Waals surface area contributed by atoms with Gasteiger partial charge in [-0.2, -0.15) is 5.10 Å². The molecule has 0 radical (unpaired) electrons. The van der Waals surface area contributed by atoms with Crippen LogP contribution in [0.15, 0.2) is 18.2 Å². The highest BCUT2D eigenvalue weighted by molar-refractivity contribution is 6.36. The van der Waals surface area contributed by atoms with Crippen LogP contribution >= 0.6 is 11.6 Å². The first-order valence-corrected chi connectivity index (χ1v) is 8.24. The van der Waals surface area contributed by atoms with E-state index in [2.05, 4.69) is 27.3 Å². The Bertz CT molecular complexity index is 706. The lowest BCUT2D eigenvalue weighted by molar-refractivity contribution is -0.116. The minimum absolute atomic E-state index is 0.0242. The molecule has 1 N–H and O–H groups in total. The average Bonchev–Trinajstić information content (AvgIpc) is 2.84. The van der Waals surface area contributed by atoms with Crippen molar-refractivity contribution in [2.24, 2.45) is 7.05 Å². The van der Waals surface area contributed by atoms with Gasteiger partial charge in [-0.05, 0) is 19.2 Å². The SMILES string of the molecule is CN1CCN(CCC(=O)Nc2nn(C)c3cccc(Cl)c23)CC1. The van der Waals surface area contributed by atoms with Gasteiger partial charge in [0.25, 0.3) is 0 Å². The highest BCUT2D eigenvalue weighted by Gasteiger charge is 2.17. The van der Waals surface area contributed by atoms with Crippen LogP contribution in [-0.2, 0) is 11.8 Å². The van der Waals surface area contributed by atoms with Crippen LogP contribution in [0.2, 0.25) is 5.02 Å². The summed E-state index contributed by atoms with van der Waals surface area (Å²) in [4.78, 5) is 16.9. The zero-order valence-electron chi connectivity index (χ0n) is 13.5. The van der Waals surface area contributed by atoms with Crippen molar-refractivity contribution in [1.82, 2.24) is 19.6 Å². The maximum absolute atomic E-state index is 12.2. The molecule has 0 bridgehead atoms. The van der Waals surface area contributed by atoms with Crippen LogP contribution < -0.4 is 5.32 Å². The number of rotatable bonds is 4. The van der Waals surface area contributed by atoms with Crippen LogP contribution in [0.25, 0.3) is 10.9 Å². The third-order valence-corrected chi connectivity index (χ3v) is 4.65. The van der Waals surface area contributed by atoms with Gasteiger partial charge in [-0.15, -0.1) is 0 Å². The van der Waals surface area contributed by atoms with Crippen molar-refractivity contribution in [3.8, 4) is 0 Å². The number of fused-ring (bicyclic) bond motifs is 1. The van der Waals surface area contributed by atoms with Crippen molar-refractivity contribution >= 4 is 34.2 Å². The molecule has 2 aromatic rings. The Hall–Kier alpha value is -1.63. The van der Waals surface area contributed by atoms with E-state index in [0.29, 0.717) is 17.3 Å². The molecule has 6 nitrogen and oxygen atoms in total. The van der Waals surface area contributed by atoms with E-state index in [1.54, 1.807) is 4.68 Å². The maximum Gasteiger partial charge on any atom is 0.226 e. The summed E-state index contributed by atoms with van der Waals surface area (Å²) in [5, 5.41) is 8.68. The number of anilines is 1. The van der Waals surface area contributed by atoms with E-state index in [1.807, 2.05) is 25.2 Å². The lowest BCUT2D eigenvalue weighted by Gasteiger charge is -2.32. The number of carbonyl (C=O) groups is 1. The molecule has 0 spiro atoms. The number of aryl methyl sites for hydroxylation is 1. The molecule has 124 valence electrons. The summed E-state index contributed by atoms with van der Waals surface area (Å²) in [6, 6.07) is 5.63. The first kappa shape index (κ1) is 16.2. The van der Waals surface area contributed by atoms with Gasteiger partial charge in [-0.1, -0.05) is 17.7 Å². The van der Waals surface area contributed by atoms with Crippen LogP contribution in [0.4, 0.5) is 5.82 Å². The molecule has 1 aromatic carbocycles. The predicted molar refractivity (Wildman–Crippen MR) is 92.9 cm³/mol. The quantitative estimate of drug-likeness (QED) is 0.925. The summed E-state index contributed by atoms with van der Waals surface area (Å²) in [7, 11) is 3.97. The standard InChI is InChI=1S/C16H22ClN5O/c1-20-8-10-22(11-9-20)7-6-14(23)18-16-15-12(17)4-3-5-13(15)21(2)19-16/h3-5H,6-11H2,1-2H3,(H,18,19,23). The lowest BCUT2D eigenvalue weighted by Crippen LogP contribution is -2.45. The van der Waals surface area contributed by atoms with Crippen molar-refractivity contribution in [2.75, 3.05) is 45.1 Å². The van der Waals surface area contributed by atoms with Crippen molar-refractivity contribution in [1.29, 1.82) is 0 Å². The molecule has 2 heterocycles. The van der Waals surface area contributed by atoms with Gasteiger partial charge in [0.2, 0.25) is 5.91 Å². The second-order valence-corrected chi connectivity index (χ2v) is 6.46. The van der Waals surface area contributed by atoms with E-state index in [4.69, 9.17) is 11.6 Å². The fourth-order valence-electron chi connectivity index (χ4n) is 2.88. The van der Waals surface area contributed by atoms with Gasteiger partial charge in [0, 0.05) is 46.2 Å². The Kier molecular flexibility index (Phi) is 4.84. The number of aromatic nitrogens is 2. The fourth-order valence-corrected chi connectivity index (χ4v) is 3.14. The summed E-state index contributed by atoms with van der Waals surface area (Å²) in [5.41, 5.74) is 0.909. The normalized spacial score (nSPS) is 16.8. The highest BCUT2D eigenvalue weighted by Crippen LogP contribution is 2.29. The highest BCUT2D eigenvalue weighted by atomic mass is 35.5. The number of amides is 1. The molecule has 1 amide bonds. The van der Waals surface area contributed by atoms with E-state index in [0.717, 1.165) is 43.6 Å². The summed E-state index contributed by atoms with van der Waals surface area (Å²) < 4.78 is 1.73. The van der Waals surface area contributed by atoms with Gasteiger partial charge in [0.15, 0.2) is 5.82 Å². The van der Waals surface area contributed by atoms with E-state index in [-0.39, 0.29) is 5.91 Å². The molecule has 7 heteroatoms. The molecule has 0 saturated carbocycles.